The monoisotopic (exact) mass is 377 g/mol. The molecule has 5 nitrogen and oxygen atoms in total. The lowest BCUT2D eigenvalue weighted by Gasteiger charge is -2.14. The van der Waals surface area contributed by atoms with Crippen LogP contribution < -0.4 is 9.47 Å². The van der Waals surface area contributed by atoms with Gasteiger partial charge in [-0.3, -0.25) is 9.67 Å². The maximum atomic E-state index is 12.6. The zero-order valence-electron chi connectivity index (χ0n) is 14.2. The molecule has 0 spiro atoms. The first-order valence-electron chi connectivity index (χ1n) is 7.96. The molecule has 0 amide bonds. The molecule has 1 aromatic heterocycles. The van der Waals surface area contributed by atoms with Crippen molar-refractivity contribution in [2.24, 2.45) is 0 Å². The summed E-state index contributed by atoms with van der Waals surface area (Å²) in [5.41, 5.74) is 2.56. The lowest BCUT2D eigenvalue weighted by Crippen LogP contribution is -2.05. The number of aromatic amines is 1. The van der Waals surface area contributed by atoms with Crippen LogP contribution in [-0.2, 0) is 0 Å². The second kappa shape index (κ2) is 7.65. The maximum Gasteiger partial charge on any atom is 0.387 e. The van der Waals surface area contributed by atoms with E-state index < -0.39 is 6.61 Å². The van der Waals surface area contributed by atoms with Gasteiger partial charge in [0.1, 0.15) is 0 Å². The van der Waals surface area contributed by atoms with Crippen molar-refractivity contribution < 1.29 is 18.3 Å². The number of nitrogens with one attached hydrogen (secondary N) is 1. The highest BCUT2D eigenvalue weighted by molar-refractivity contribution is 7.71. The summed E-state index contributed by atoms with van der Waals surface area (Å²) in [6.45, 7) is 1.12. The molecule has 3 aromatic rings. The minimum Gasteiger partial charge on any atom is -0.490 e. The van der Waals surface area contributed by atoms with E-state index in [1.165, 1.54) is 6.07 Å². The molecule has 1 heterocycles. The summed E-state index contributed by atoms with van der Waals surface area (Å²) in [6.07, 6.45) is 0. The van der Waals surface area contributed by atoms with Gasteiger partial charge >= 0.3 is 6.61 Å². The Labute approximate surface area is 154 Å². The van der Waals surface area contributed by atoms with Gasteiger partial charge in [0.05, 0.1) is 12.3 Å². The molecule has 1 N–H and O–H groups in total. The van der Waals surface area contributed by atoms with Crippen molar-refractivity contribution in [3.63, 3.8) is 0 Å². The molecule has 3 rings (SSSR count). The Balaban J connectivity index is 2.12. The number of benzene rings is 2. The average molecular weight is 377 g/mol. The molecular weight excluding hydrogens is 360 g/mol. The van der Waals surface area contributed by atoms with E-state index in [0.29, 0.717) is 22.8 Å². The molecule has 0 aliphatic heterocycles. The van der Waals surface area contributed by atoms with E-state index in [9.17, 15) is 8.78 Å². The van der Waals surface area contributed by atoms with Crippen molar-refractivity contribution in [3.05, 3.63) is 52.8 Å². The number of hydrogen-bond donors (Lipinski definition) is 1. The van der Waals surface area contributed by atoms with Crippen LogP contribution in [0.4, 0.5) is 8.78 Å². The Morgan fingerprint density at radius 3 is 2.65 bits per heavy atom. The zero-order chi connectivity index (χ0) is 18.7. The molecule has 26 heavy (non-hydrogen) atoms. The summed E-state index contributed by atoms with van der Waals surface area (Å²) in [6, 6.07) is 12.4. The fourth-order valence-corrected chi connectivity index (χ4v) is 2.87. The minimum atomic E-state index is -2.93. The second-order valence-corrected chi connectivity index (χ2v) is 5.83. The first-order chi connectivity index (χ1) is 12.5. The molecule has 0 atom stereocenters. The van der Waals surface area contributed by atoms with E-state index in [4.69, 9.17) is 17.0 Å². The van der Waals surface area contributed by atoms with Crippen molar-refractivity contribution in [2.75, 3.05) is 6.61 Å². The van der Waals surface area contributed by atoms with Crippen LogP contribution in [-0.4, -0.2) is 28.0 Å². The molecule has 0 aliphatic carbocycles. The molecule has 8 heteroatoms. The first kappa shape index (κ1) is 18.1. The molecule has 0 saturated heterocycles. The van der Waals surface area contributed by atoms with Gasteiger partial charge in [-0.1, -0.05) is 18.2 Å². The van der Waals surface area contributed by atoms with E-state index >= 15 is 0 Å². The summed E-state index contributed by atoms with van der Waals surface area (Å²) in [4.78, 5) is 0. The quantitative estimate of drug-likeness (QED) is 0.621. The topological polar surface area (TPSA) is 52.1 Å². The second-order valence-electron chi connectivity index (χ2n) is 5.45. The summed E-state index contributed by atoms with van der Waals surface area (Å²) in [5, 5.41) is 7.08. The highest BCUT2D eigenvalue weighted by atomic mass is 32.1. The van der Waals surface area contributed by atoms with Gasteiger partial charge in [-0.05, 0) is 55.9 Å². The number of ether oxygens (including phenoxy) is 2. The number of H-pyrrole nitrogens is 1. The van der Waals surface area contributed by atoms with Crippen LogP contribution >= 0.6 is 12.2 Å². The van der Waals surface area contributed by atoms with Gasteiger partial charge < -0.3 is 9.47 Å². The molecule has 0 aliphatic rings. The van der Waals surface area contributed by atoms with Gasteiger partial charge in [0, 0.05) is 5.56 Å². The largest absolute Gasteiger partial charge is 0.490 e. The van der Waals surface area contributed by atoms with Gasteiger partial charge in [0.25, 0.3) is 0 Å². The number of rotatable bonds is 6. The number of alkyl halides is 2. The summed E-state index contributed by atoms with van der Waals surface area (Å²) >= 11 is 5.37. The van der Waals surface area contributed by atoms with E-state index in [-0.39, 0.29) is 11.5 Å². The number of aromatic nitrogens is 3. The molecular formula is C18H17F2N3O2S. The van der Waals surface area contributed by atoms with Crippen molar-refractivity contribution in [1.29, 1.82) is 0 Å². The molecule has 136 valence electrons. The van der Waals surface area contributed by atoms with E-state index in [0.717, 1.165) is 11.3 Å². The minimum absolute atomic E-state index is 0.0258. The van der Waals surface area contributed by atoms with Crippen molar-refractivity contribution >= 4 is 12.2 Å². The standard InChI is InChI=1S/C18H17F2N3O2S/c1-3-24-15-10-12(8-9-14(15)25-17(19)20)16-21-22-18(26)23(16)13-7-5-4-6-11(13)2/h4-10,17H,3H2,1-2H3,(H,22,26). The highest BCUT2D eigenvalue weighted by Gasteiger charge is 2.16. The van der Waals surface area contributed by atoms with Crippen molar-refractivity contribution in [2.45, 2.75) is 20.5 Å². The maximum absolute atomic E-state index is 12.6. The molecule has 0 radical (unpaired) electrons. The Bertz CT molecular complexity index is 969. The zero-order valence-corrected chi connectivity index (χ0v) is 15.0. The Hall–Kier alpha value is -2.74. The number of aryl methyl sites for hydroxylation is 1. The number of halogens is 2. The lowest BCUT2D eigenvalue weighted by atomic mass is 10.1. The molecule has 0 bridgehead atoms. The van der Waals surface area contributed by atoms with Crippen LogP contribution in [0, 0.1) is 11.7 Å². The van der Waals surface area contributed by atoms with Crippen molar-refractivity contribution in [3.8, 4) is 28.6 Å². The summed E-state index contributed by atoms with van der Waals surface area (Å²) in [5.74, 6) is 0.742. The summed E-state index contributed by atoms with van der Waals surface area (Å²) < 4.78 is 37.4. The molecule has 2 aromatic carbocycles. The lowest BCUT2D eigenvalue weighted by molar-refractivity contribution is -0.0514. The normalized spacial score (nSPS) is 11.0. The van der Waals surface area contributed by atoms with Gasteiger partial charge in [-0.15, -0.1) is 0 Å². The van der Waals surface area contributed by atoms with Crippen molar-refractivity contribution in [1.82, 2.24) is 14.8 Å². The third-order valence-corrected chi connectivity index (χ3v) is 4.02. The number of nitrogens with zero attached hydrogens (tertiary/aromatic N) is 2. The Morgan fingerprint density at radius 2 is 1.96 bits per heavy atom. The predicted molar refractivity (Wildman–Crippen MR) is 96.7 cm³/mol. The van der Waals surface area contributed by atoms with Gasteiger partial charge in [-0.25, -0.2) is 0 Å². The van der Waals surface area contributed by atoms with Crippen LogP contribution in [0.1, 0.15) is 12.5 Å². The predicted octanol–water partition coefficient (Wildman–Crippen LogP) is 4.91. The fraction of sp³-hybridized carbons (Fsp3) is 0.222. The summed E-state index contributed by atoms with van der Waals surface area (Å²) in [7, 11) is 0. The molecule has 0 unspecified atom stereocenters. The SMILES string of the molecule is CCOc1cc(-c2n[nH]c(=S)n2-c2ccccc2C)ccc1OC(F)F. The van der Waals surface area contributed by atoms with Crippen LogP contribution in [0.25, 0.3) is 17.1 Å². The first-order valence-corrected chi connectivity index (χ1v) is 8.37. The van der Waals surface area contributed by atoms with E-state index in [1.54, 1.807) is 23.6 Å². The third-order valence-electron chi connectivity index (χ3n) is 3.75. The molecule has 0 saturated carbocycles. The number of hydrogen-bond acceptors (Lipinski definition) is 4. The highest BCUT2D eigenvalue weighted by Crippen LogP contribution is 2.34. The van der Waals surface area contributed by atoms with Gasteiger partial charge in [0.15, 0.2) is 22.1 Å². The Kier molecular flexibility index (Phi) is 5.32. The third kappa shape index (κ3) is 3.60. The number of para-hydroxylation sites is 1. The van der Waals surface area contributed by atoms with Crippen LogP contribution in [0.15, 0.2) is 42.5 Å². The molecule has 0 fully saturated rings. The average Bonchev–Trinajstić information content (AvgIpc) is 2.98. The van der Waals surface area contributed by atoms with E-state index in [1.807, 2.05) is 31.2 Å². The van der Waals surface area contributed by atoms with Crippen LogP contribution in [0.2, 0.25) is 0 Å². The smallest absolute Gasteiger partial charge is 0.387 e. The van der Waals surface area contributed by atoms with Crippen LogP contribution in [0.3, 0.4) is 0 Å². The Morgan fingerprint density at radius 1 is 1.19 bits per heavy atom. The fourth-order valence-electron chi connectivity index (χ4n) is 2.64. The van der Waals surface area contributed by atoms with E-state index in [2.05, 4.69) is 14.9 Å². The van der Waals surface area contributed by atoms with Gasteiger partial charge in [0.2, 0.25) is 0 Å². The van der Waals surface area contributed by atoms with Crippen LogP contribution in [0.5, 0.6) is 11.5 Å². The van der Waals surface area contributed by atoms with Gasteiger partial charge in [-0.2, -0.15) is 13.9 Å².